The number of hydrogen-bond acceptors (Lipinski definition) is 6. The van der Waals surface area contributed by atoms with Crippen molar-refractivity contribution in [3.63, 3.8) is 0 Å². The molecular formula is C12H15N3O6. The predicted octanol–water partition coefficient (Wildman–Crippen LogP) is 2.53. The first-order valence-electron chi connectivity index (χ1n) is 5.98. The Kier molecular flexibility index (Phi) is 4.79. The van der Waals surface area contributed by atoms with Crippen LogP contribution in [0.15, 0.2) is 18.2 Å². The van der Waals surface area contributed by atoms with Crippen LogP contribution in [0.5, 0.6) is 0 Å². The molecule has 0 fully saturated rings. The molecule has 1 amide bonds. The van der Waals surface area contributed by atoms with E-state index in [-0.39, 0.29) is 12.1 Å². The van der Waals surface area contributed by atoms with Crippen LogP contribution in [0.25, 0.3) is 0 Å². The van der Waals surface area contributed by atoms with Crippen molar-refractivity contribution in [1.82, 2.24) is 5.32 Å². The first-order chi connectivity index (χ1) is 9.58. The van der Waals surface area contributed by atoms with Crippen LogP contribution in [0, 0.1) is 20.2 Å². The van der Waals surface area contributed by atoms with Crippen LogP contribution in [-0.2, 0) is 11.3 Å². The van der Waals surface area contributed by atoms with Gasteiger partial charge in [0, 0.05) is 18.7 Å². The van der Waals surface area contributed by atoms with Crippen molar-refractivity contribution in [1.29, 1.82) is 0 Å². The van der Waals surface area contributed by atoms with Crippen LogP contribution in [0.2, 0.25) is 0 Å². The molecule has 0 radical (unpaired) electrons. The van der Waals surface area contributed by atoms with Crippen molar-refractivity contribution in [2.24, 2.45) is 0 Å². The molecule has 21 heavy (non-hydrogen) atoms. The first-order valence-corrected chi connectivity index (χ1v) is 5.98. The summed E-state index contributed by atoms with van der Waals surface area (Å²) in [4.78, 5) is 31.5. The van der Waals surface area contributed by atoms with Crippen LogP contribution >= 0.6 is 0 Å². The topological polar surface area (TPSA) is 125 Å². The van der Waals surface area contributed by atoms with E-state index >= 15 is 0 Å². The van der Waals surface area contributed by atoms with Crippen molar-refractivity contribution in [2.45, 2.75) is 32.9 Å². The van der Waals surface area contributed by atoms with Crippen molar-refractivity contribution in [3.05, 3.63) is 44.0 Å². The summed E-state index contributed by atoms with van der Waals surface area (Å²) in [6, 6.07) is 3.17. The predicted molar refractivity (Wildman–Crippen MR) is 72.8 cm³/mol. The Morgan fingerprint density at radius 3 is 2.00 bits per heavy atom. The molecule has 9 nitrogen and oxygen atoms in total. The Balaban J connectivity index is 2.86. The SMILES string of the molecule is CC(C)(C)OC(=O)NCc1cc([N+](=O)[O-])cc([N+](=O)[O-])c1. The average molecular weight is 297 g/mol. The maximum atomic E-state index is 11.5. The number of nitro benzene ring substituents is 2. The summed E-state index contributed by atoms with van der Waals surface area (Å²) in [7, 11) is 0. The normalized spacial score (nSPS) is 10.8. The number of benzene rings is 1. The van der Waals surface area contributed by atoms with Crippen LogP contribution in [0.3, 0.4) is 0 Å². The first kappa shape index (κ1) is 16.3. The molecule has 0 atom stereocenters. The van der Waals surface area contributed by atoms with Gasteiger partial charge in [-0.1, -0.05) is 0 Å². The quantitative estimate of drug-likeness (QED) is 0.672. The van der Waals surface area contributed by atoms with Crippen LogP contribution in [-0.4, -0.2) is 21.5 Å². The van der Waals surface area contributed by atoms with Gasteiger partial charge in [-0.05, 0) is 26.3 Å². The lowest BCUT2D eigenvalue weighted by Gasteiger charge is -2.19. The fourth-order valence-corrected chi connectivity index (χ4v) is 1.46. The summed E-state index contributed by atoms with van der Waals surface area (Å²) >= 11 is 0. The summed E-state index contributed by atoms with van der Waals surface area (Å²) in [5, 5.41) is 23.8. The minimum Gasteiger partial charge on any atom is -0.444 e. The molecule has 0 aliphatic rings. The summed E-state index contributed by atoms with van der Waals surface area (Å²) < 4.78 is 5.00. The summed E-state index contributed by atoms with van der Waals surface area (Å²) in [5.41, 5.74) is -1.27. The van der Waals surface area contributed by atoms with Gasteiger partial charge in [0.15, 0.2) is 0 Å². The van der Waals surface area contributed by atoms with Crippen LogP contribution < -0.4 is 5.32 Å². The number of amides is 1. The minimum absolute atomic E-state index is 0.114. The molecular weight excluding hydrogens is 282 g/mol. The average Bonchev–Trinajstić information content (AvgIpc) is 2.33. The Hall–Kier alpha value is -2.71. The van der Waals surface area contributed by atoms with E-state index in [1.165, 1.54) is 0 Å². The number of non-ortho nitro benzene ring substituents is 2. The van der Waals surface area contributed by atoms with Crippen LogP contribution in [0.1, 0.15) is 26.3 Å². The molecule has 0 heterocycles. The lowest BCUT2D eigenvalue weighted by Crippen LogP contribution is -2.32. The van der Waals surface area contributed by atoms with E-state index in [1.807, 2.05) is 0 Å². The van der Waals surface area contributed by atoms with Crippen molar-refractivity contribution >= 4 is 17.5 Å². The number of ether oxygens (including phenoxy) is 1. The molecule has 0 aliphatic carbocycles. The van der Waals surface area contributed by atoms with E-state index in [4.69, 9.17) is 4.74 Å². The molecule has 0 aliphatic heterocycles. The Morgan fingerprint density at radius 2 is 1.62 bits per heavy atom. The highest BCUT2D eigenvalue weighted by Crippen LogP contribution is 2.22. The van der Waals surface area contributed by atoms with E-state index in [2.05, 4.69) is 5.32 Å². The maximum absolute atomic E-state index is 11.5. The molecule has 0 bridgehead atoms. The highest BCUT2D eigenvalue weighted by atomic mass is 16.6. The molecule has 0 aromatic heterocycles. The smallest absolute Gasteiger partial charge is 0.407 e. The number of hydrogen-bond donors (Lipinski definition) is 1. The zero-order valence-electron chi connectivity index (χ0n) is 11.8. The molecule has 114 valence electrons. The maximum Gasteiger partial charge on any atom is 0.407 e. The lowest BCUT2D eigenvalue weighted by molar-refractivity contribution is -0.394. The molecule has 0 saturated carbocycles. The van der Waals surface area contributed by atoms with E-state index in [9.17, 15) is 25.0 Å². The molecule has 0 spiro atoms. The van der Waals surface area contributed by atoms with E-state index in [0.29, 0.717) is 0 Å². The van der Waals surface area contributed by atoms with Gasteiger partial charge in [-0.15, -0.1) is 0 Å². The minimum atomic E-state index is -0.732. The van der Waals surface area contributed by atoms with Crippen LogP contribution in [0.4, 0.5) is 16.2 Å². The Labute approximate surface area is 120 Å². The zero-order valence-corrected chi connectivity index (χ0v) is 11.8. The summed E-state index contributed by atoms with van der Waals surface area (Å²) in [6.07, 6.45) is -0.711. The molecule has 1 aromatic carbocycles. The molecule has 9 heteroatoms. The molecule has 0 unspecified atom stereocenters. The molecule has 1 aromatic rings. The third-order valence-corrected chi connectivity index (χ3v) is 2.22. The number of carbonyl (C=O) groups excluding carboxylic acids is 1. The van der Waals surface area contributed by atoms with Gasteiger partial charge < -0.3 is 10.1 Å². The van der Waals surface area contributed by atoms with E-state index in [1.54, 1.807) is 20.8 Å². The lowest BCUT2D eigenvalue weighted by atomic mass is 10.1. The van der Waals surface area contributed by atoms with Gasteiger partial charge in [0.25, 0.3) is 11.4 Å². The fraction of sp³-hybridized carbons (Fsp3) is 0.417. The van der Waals surface area contributed by atoms with Gasteiger partial charge >= 0.3 is 6.09 Å². The number of carbonyl (C=O) groups is 1. The van der Waals surface area contributed by atoms with Gasteiger partial charge in [0.05, 0.1) is 15.9 Å². The number of nitrogens with one attached hydrogen (secondary N) is 1. The van der Waals surface area contributed by atoms with E-state index < -0.39 is 32.9 Å². The molecule has 0 saturated heterocycles. The largest absolute Gasteiger partial charge is 0.444 e. The van der Waals surface area contributed by atoms with Gasteiger partial charge in [-0.25, -0.2) is 4.79 Å². The van der Waals surface area contributed by atoms with E-state index in [0.717, 1.165) is 18.2 Å². The van der Waals surface area contributed by atoms with Crippen molar-refractivity contribution in [2.75, 3.05) is 0 Å². The monoisotopic (exact) mass is 297 g/mol. The molecule has 1 N–H and O–H groups in total. The number of nitrogens with zero attached hydrogens (tertiary/aromatic N) is 2. The highest BCUT2D eigenvalue weighted by molar-refractivity contribution is 5.67. The standard InChI is InChI=1S/C12H15N3O6/c1-12(2,3)21-11(16)13-7-8-4-9(14(17)18)6-10(5-8)15(19)20/h4-6H,7H2,1-3H3,(H,13,16). The zero-order chi connectivity index (χ0) is 16.2. The van der Waals surface area contributed by atoms with Gasteiger partial charge in [-0.2, -0.15) is 0 Å². The second-order valence-corrected chi connectivity index (χ2v) is 5.23. The van der Waals surface area contributed by atoms with Gasteiger partial charge in [0.1, 0.15) is 5.60 Å². The Bertz CT molecular complexity index is 547. The fourth-order valence-electron chi connectivity index (χ4n) is 1.46. The second kappa shape index (κ2) is 6.16. The van der Waals surface area contributed by atoms with Gasteiger partial charge in [0.2, 0.25) is 0 Å². The van der Waals surface area contributed by atoms with Gasteiger partial charge in [-0.3, -0.25) is 20.2 Å². The third-order valence-electron chi connectivity index (χ3n) is 2.22. The van der Waals surface area contributed by atoms with Crippen molar-refractivity contribution < 1.29 is 19.4 Å². The highest BCUT2D eigenvalue weighted by Gasteiger charge is 2.18. The molecule has 1 rings (SSSR count). The third kappa shape index (κ3) is 5.43. The number of nitro groups is 2. The number of alkyl carbamates (subject to hydrolysis) is 1. The van der Waals surface area contributed by atoms with Crippen molar-refractivity contribution in [3.8, 4) is 0 Å². The summed E-state index contributed by atoms with van der Waals surface area (Å²) in [5.74, 6) is 0. The Morgan fingerprint density at radius 1 is 1.14 bits per heavy atom. The second-order valence-electron chi connectivity index (χ2n) is 5.23. The summed E-state index contributed by atoms with van der Waals surface area (Å²) in [6.45, 7) is 4.94. The number of rotatable bonds is 4.